The minimum absolute atomic E-state index is 0.237. The van der Waals surface area contributed by atoms with E-state index >= 15 is 0 Å². The SMILES string of the molecule is C=CCc1cccc(B2OC(C)(C)C(C)(C)O2)c1O. The Bertz CT molecular complexity index is 478. The van der Waals surface area contributed by atoms with Gasteiger partial charge >= 0.3 is 7.12 Å². The lowest BCUT2D eigenvalue weighted by Crippen LogP contribution is -2.41. The fourth-order valence-corrected chi connectivity index (χ4v) is 2.09. The molecule has 102 valence electrons. The van der Waals surface area contributed by atoms with Gasteiger partial charge in [-0.2, -0.15) is 0 Å². The second kappa shape index (κ2) is 4.69. The lowest BCUT2D eigenvalue weighted by atomic mass is 9.77. The zero-order chi connectivity index (χ0) is 14.3. The highest BCUT2D eigenvalue weighted by atomic mass is 16.7. The van der Waals surface area contributed by atoms with E-state index in [2.05, 4.69) is 6.58 Å². The van der Waals surface area contributed by atoms with Crippen LogP contribution in [0.1, 0.15) is 33.3 Å². The quantitative estimate of drug-likeness (QED) is 0.670. The Morgan fingerprint density at radius 2 is 1.79 bits per heavy atom. The van der Waals surface area contributed by atoms with E-state index in [-0.39, 0.29) is 5.75 Å². The van der Waals surface area contributed by atoms with Crippen molar-refractivity contribution < 1.29 is 14.4 Å². The molecule has 1 aliphatic rings. The van der Waals surface area contributed by atoms with Gasteiger partial charge in [-0.25, -0.2) is 0 Å². The van der Waals surface area contributed by atoms with Gasteiger partial charge in [0.25, 0.3) is 0 Å². The fraction of sp³-hybridized carbons (Fsp3) is 0.467. The first-order valence-electron chi connectivity index (χ1n) is 6.56. The fourth-order valence-electron chi connectivity index (χ4n) is 2.09. The van der Waals surface area contributed by atoms with Crippen molar-refractivity contribution >= 4 is 12.6 Å². The maximum absolute atomic E-state index is 10.3. The molecule has 1 heterocycles. The van der Waals surface area contributed by atoms with Crippen LogP contribution in [0.25, 0.3) is 0 Å². The maximum Gasteiger partial charge on any atom is 0.498 e. The molecule has 3 nitrogen and oxygen atoms in total. The summed E-state index contributed by atoms with van der Waals surface area (Å²) in [4.78, 5) is 0. The predicted octanol–water partition coefficient (Wildman–Crippen LogP) is 2.42. The van der Waals surface area contributed by atoms with Gasteiger partial charge in [-0.3, -0.25) is 0 Å². The number of para-hydroxylation sites is 1. The summed E-state index contributed by atoms with van der Waals surface area (Å²) in [7, 11) is -0.533. The first-order chi connectivity index (χ1) is 8.78. The first-order valence-corrected chi connectivity index (χ1v) is 6.56. The van der Waals surface area contributed by atoms with Crippen LogP contribution in [-0.4, -0.2) is 23.4 Å². The summed E-state index contributed by atoms with van der Waals surface area (Å²) in [6.07, 6.45) is 2.39. The molecule has 1 aliphatic heterocycles. The Morgan fingerprint density at radius 1 is 1.21 bits per heavy atom. The Hall–Kier alpha value is -1.26. The van der Waals surface area contributed by atoms with Gasteiger partial charge in [0, 0.05) is 5.46 Å². The molecule has 0 unspecified atom stereocenters. The standard InChI is InChI=1S/C15H21BO3/c1-6-8-11-9-7-10-12(13(11)17)16-18-14(2,3)15(4,5)19-16/h6-7,9-10,17H,1,8H2,2-5H3. The van der Waals surface area contributed by atoms with E-state index in [1.165, 1.54) is 0 Å². The molecule has 1 aromatic rings. The largest absolute Gasteiger partial charge is 0.508 e. The highest BCUT2D eigenvalue weighted by molar-refractivity contribution is 6.63. The minimum atomic E-state index is -0.533. The number of aromatic hydroxyl groups is 1. The smallest absolute Gasteiger partial charge is 0.498 e. The van der Waals surface area contributed by atoms with E-state index in [1.807, 2.05) is 45.9 Å². The number of rotatable bonds is 3. The lowest BCUT2D eigenvalue weighted by molar-refractivity contribution is 0.00578. The van der Waals surface area contributed by atoms with Crippen LogP contribution in [0.5, 0.6) is 5.75 Å². The monoisotopic (exact) mass is 260 g/mol. The van der Waals surface area contributed by atoms with Crippen molar-refractivity contribution in [3.63, 3.8) is 0 Å². The number of hydrogen-bond donors (Lipinski definition) is 1. The van der Waals surface area contributed by atoms with Gasteiger partial charge < -0.3 is 14.4 Å². The number of hydrogen-bond acceptors (Lipinski definition) is 3. The number of benzene rings is 1. The molecule has 0 atom stereocenters. The van der Waals surface area contributed by atoms with E-state index in [1.54, 1.807) is 6.08 Å². The van der Waals surface area contributed by atoms with Gasteiger partial charge in [0.2, 0.25) is 0 Å². The van der Waals surface area contributed by atoms with Crippen molar-refractivity contribution in [3.05, 3.63) is 36.4 Å². The predicted molar refractivity (Wildman–Crippen MR) is 77.7 cm³/mol. The van der Waals surface area contributed by atoms with E-state index in [0.29, 0.717) is 11.9 Å². The van der Waals surface area contributed by atoms with Crippen LogP contribution in [0.3, 0.4) is 0 Å². The zero-order valence-electron chi connectivity index (χ0n) is 12.1. The van der Waals surface area contributed by atoms with Crippen molar-refractivity contribution in [1.82, 2.24) is 0 Å². The second-order valence-electron chi connectivity index (χ2n) is 5.94. The summed E-state index contributed by atoms with van der Waals surface area (Å²) in [6, 6.07) is 5.62. The molecule has 1 N–H and O–H groups in total. The molecule has 0 saturated carbocycles. The van der Waals surface area contributed by atoms with Crippen LogP contribution < -0.4 is 5.46 Å². The third kappa shape index (κ3) is 2.43. The van der Waals surface area contributed by atoms with E-state index < -0.39 is 18.3 Å². The third-order valence-corrected chi connectivity index (χ3v) is 4.02. The molecule has 0 bridgehead atoms. The second-order valence-corrected chi connectivity index (χ2v) is 5.94. The molecule has 1 saturated heterocycles. The molecule has 1 aromatic carbocycles. The highest BCUT2D eigenvalue weighted by Crippen LogP contribution is 2.37. The molecular formula is C15H21BO3. The van der Waals surface area contributed by atoms with Crippen LogP contribution >= 0.6 is 0 Å². The summed E-state index contributed by atoms with van der Waals surface area (Å²) in [6.45, 7) is 11.7. The number of phenols is 1. The minimum Gasteiger partial charge on any atom is -0.508 e. The Balaban J connectivity index is 2.34. The van der Waals surface area contributed by atoms with E-state index in [4.69, 9.17) is 9.31 Å². The molecule has 0 aliphatic carbocycles. The Kier molecular flexibility index (Phi) is 3.50. The summed E-state index contributed by atoms with van der Waals surface area (Å²) >= 11 is 0. The highest BCUT2D eigenvalue weighted by Gasteiger charge is 2.52. The van der Waals surface area contributed by atoms with Gasteiger partial charge in [0.1, 0.15) is 5.75 Å². The maximum atomic E-state index is 10.3. The van der Waals surface area contributed by atoms with Gasteiger partial charge in [0.15, 0.2) is 0 Å². The van der Waals surface area contributed by atoms with Crippen LogP contribution in [0.2, 0.25) is 0 Å². The molecule has 19 heavy (non-hydrogen) atoms. The van der Waals surface area contributed by atoms with Crippen LogP contribution in [0, 0.1) is 0 Å². The normalized spacial score (nSPS) is 20.5. The van der Waals surface area contributed by atoms with Gasteiger partial charge in [-0.05, 0) is 39.7 Å². The van der Waals surface area contributed by atoms with E-state index in [9.17, 15) is 5.11 Å². The average molecular weight is 260 g/mol. The van der Waals surface area contributed by atoms with Crippen molar-refractivity contribution in [1.29, 1.82) is 0 Å². The van der Waals surface area contributed by atoms with Gasteiger partial charge in [0.05, 0.1) is 11.2 Å². The van der Waals surface area contributed by atoms with Crippen LogP contribution in [0.15, 0.2) is 30.9 Å². The molecule has 0 amide bonds. The Labute approximate surface area is 115 Å². The summed E-state index contributed by atoms with van der Waals surface area (Å²) in [5, 5.41) is 10.3. The molecule has 2 rings (SSSR count). The summed E-state index contributed by atoms with van der Waals surface area (Å²) < 4.78 is 11.9. The van der Waals surface area contributed by atoms with Gasteiger partial charge in [-0.1, -0.05) is 24.3 Å². The van der Waals surface area contributed by atoms with Crippen molar-refractivity contribution in [2.45, 2.75) is 45.3 Å². The van der Waals surface area contributed by atoms with Crippen molar-refractivity contribution in [2.24, 2.45) is 0 Å². The zero-order valence-corrected chi connectivity index (χ0v) is 12.1. The van der Waals surface area contributed by atoms with Crippen molar-refractivity contribution in [3.8, 4) is 5.75 Å². The topological polar surface area (TPSA) is 38.7 Å². The average Bonchev–Trinajstić information content (AvgIpc) is 2.51. The third-order valence-electron chi connectivity index (χ3n) is 4.02. The summed E-state index contributed by atoms with van der Waals surface area (Å²) in [5.74, 6) is 0.237. The Morgan fingerprint density at radius 3 is 2.32 bits per heavy atom. The van der Waals surface area contributed by atoms with Gasteiger partial charge in [-0.15, -0.1) is 6.58 Å². The molecule has 0 spiro atoms. The van der Waals surface area contributed by atoms with Crippen molar-refractivity contribution in [2.75, 3.05) is 0 Å². The first kappa shape index (κ1) is 14.2. The van der Waals surface area contributed by atoms with Crippen LogP contribution in [0.4, 0.5) is 0 Å². The molecular weight excluding hydrogens is 239 g/mol. The lowest BCUT2D eigenvalue weighted by Gasteiger charge is -2.32. The number of allylic oxidation sites excluding steroid dienone is 1. The van der Waals surface area contributed by atoms with E-state index in [0.717, 1.165) is 5.56 Å². The molecule has 4 heteroatoms. The van der Waals surface area contributed by atoms with Crippen LogP contribution in [-0.2, 0) is 15.7 Å². The number of phenolic OH excluding ortho intramolecular Hbond substituents is 1. The molecule has 0 radical (unpaired) electrons. The molecule has 0 aromatic heterocycles. The molecule has 1 fully saturated rings. The summed E-state index contributed by atoms with van der Waals surface area (Å²) in [5.41, 5.74) is 0.706.